The van der Waals surface area contributed by atoms with E-state index in [1.807, 2.05) is 30.7 Å². The van der Waals surface area contributed by atoms with Crippen molar-refractivity contribution in [2.24, 2.45) is 0 Å². The Morgan fingerprint density at radius 3 is 2.15 bits per heavy atom. The molecule has 0 radical (unpaired) electrons. The SMILES string of the molecule is CC/C=C\C/C=C\C/C=C\C/C=C\C/C=C\CCCC(=O)N(C)CCNC(=O)c1cc(C2CC(O)(c3ccc(OCc4c(-c5c(Cl)cccc5Cl)noc4C4CC4)cc3Cl)C2)n(C(C)C)n1. The van der Waals surface area contributed by atoms with Gasteiger partial charge in [-0.1, -0.05) is 120 Å². The topological polar surface area (TPSA) is 123 Å². The fourth-order valence-corrected chi connectivity index (χ4v) is 9.00. The number of carbonyl (C=O) groups is 2. The van der Waals surface area contributed by atoms with Crippen LogP contribution in [-0.2, 0) is 17.0 Å². The number of nitrogens with one attached hydrogen (secondary N) is 1. The molecular weight excluding hydrogens is 893 g/mol. The molecule has 13 heteroatoms. The molecule has 66 heavy (non-hydrogen) atoms. The van der Waals surface area contributed by atoms with Crippen LogP contribution in [0.4, 0.5) is 0 Å². The predicted molar refractivity (Wildman–Crippen MR) is 266 cm³/mol. The second-order valence-corrected chi connectivity index (χ2v) is 18.7. The molecule has 0 unspecified atom stereocenters. The fraction of sp³-hybridized carbons (Fsp3) is 0.434. The van der Waals surface area contributed by atoms with Gasteiger partial charge in [0, 0.05) is 61.3 Å². The lowest BCUT2D eigenvalue weighted by Gasteiger charge is -2.44. The van der Waals surface area contributed by atoms with E-state index in [-0.39, 0.29) is 36.3 Å². The number of hydrogen-bond donors (Lipinski definition) is 2. The second-order valence-electron chi connectivity index (χ2n) is 17.5. The minimum atomic E-state index is -1.16. The predicted octanol–water partition coefficient (Wildman–Crippen LogP) is 13.4. The number of unbranched alkanes of at least 4 members (excludes halogenated alkanes) is 1. The normalized spacial score (nSPS) is 17.6. The Balaban J connectivity index is 0.922. The highest BCUT2D eigenvalue weighted by atomic mass is 35.5. The van der Waals surface area contributed by atoms with Crippen molar-refractivity contribution in [1.29, 1.82) is 0 Å². The zero-order valence-corrected chi connectivity index (χ0v) is 40.9. The third kappa shape index (κ3) is 13.8. The largest absolute Gasteiger partial charge is 0.489 e. The molecule has 2 aromatic carbocycles. The molecular formula is C53H64Cl3N5O5. The number of ether oxygens (including phenoxy) is 1. The molecule has 2 N–H and O–H groups in total. The van der Waals surface area contributed by atoms with Crippen molar-refractivity contribution in [3.05, 3.63) is 147 Å². The van der Waals surface area contributed by atoms with Crippen molar-refractivity contribution in [1.82, 2.24) is 25.2 Å². The Hall–Kier alpha value is -4.87. The molecule has 352 valence electrons. The number of nitrogens with zero attached hydrogens (tertiary/aromatic N) is 4. The molecule has 2 aliphatic rings. The van der Waals surface area contributed by atoms with E-state index >= 15 is 0 Å². The standard InChI is InChI=1S/C53H64Cl3N5O5/c1-5-6-7-8-9-10-11-12-13-14-15-16-17-18-19-20-21-25-48(62)60(4)31-30-57-52(63)46-33-47(61(58-46)37(2)3)39-34-53(64,35-39)42-29-28-40(32-45(42)56)65-36-41-50(59-66-51(41)38-26-27-38)49-43(54)23-22-24-44(49)55/h6-7,9-10,12-13,15-16,18-19,22-24,28-29,32-33,37-39,64H,5,8,11,14,17,20-21,25-27,30-31,34-36H2,1-4H3,(H,57,63)/b7-6-,10-9-,13-12-,16-15-,19-18-. The maximum Gasteiger partial charge on any atom is 0.271 e. The van der Waals surface area contributed by atoms with Gasteiger partial charge < -0.3 is 24.6 Å². The highest BCUT2D eigenvalue weighted by Gasteiger charge is 2.47. The van der Waals surface area contributed by atoms with Crippen LogP contribution in [0.5, 0.6) is 5.75 Å². The molecule has 0 atom stereocenters. The van der Waals surface area contributed by atoms with Gasteiger partial charge in [0.25, 0.3) is 5.91 Å². The van der Waals surface area contributed by atoms with Crippen molar-refractivity contribution >= 4 is 46.6 Å². The summed E-state index contributed by atoms with van der Waals surface area (Å²) < 4.78 is 13.9. The highest BCUT2D eigenvalue weighted by Crippen LogP contribution is 2.53. The minimum Gasteiger partial charge on any atom is -0.489 e. The van der Waals surface area contributed by atoms with E-state index in [0.717, 1.165) is 74.8 Å². The molecule has 2 fully saturated rings. The maximum atomic E-state index is 13.3. The van der Waals surface area contributed by atoms with Crippen LogP contribution in [0.1, 0.15) is 149 Å². The van der Waals surface area contributed by atoms with Crippen LogP contribution < -0.4 is 10.1 Å². The molecule has 0 bridgehead atoms. The highest BCUT2D eigenvalue weighted by molar-refractivity contribution is 6.39. The summed E-state index contributed by atoms with van der Waals surface area (Å²) in [7, 11) is 1.76. The molecule has 10 nitrogen and oxygen atoms in total. The summed E-state index contributed by atoms with van der Waals surface area (Å²) in [5, 5.41) is 25.1. The van der Waals surface area contributed by atoms with E-state index in [2.05, 4.69) is 83.3 Å². The third-order valence-corrected chi connectivity index (χ3v) is 12.9. The van der Waals surface area contributed by atoms with Gasteiger partial charge in [-0.05, 0) is 115 Å². The average molecular weight is 957 g/mol. The summed E-state index contributed by atoms with van der Waals surface area (Å²) in [6.07, 6.45) is 31.5. The van der Waals surface area contributed by atoms with Crippen LogP contribution in [0.15, 0.2) is 108 Å². The molecule has 2 aromatic heterocycles. The zero-order chi connectivity index (χ0) is 47.1. The van der Waals surface area contributed by atoms with Gasteiger partial charge in [0.1, 0.15) is 29.5 Å². The van der Waals surface area contributed by atoms with E-state index in [4.69, 9.17) is 44.1 Å². The first-order chi connectivity index (χ1) is 31.9. The molecule has 4 aromatic rings. The second kappa shape index (κ2) is 24.8. The van der Waals surface area contributed by atoms with Gasteiger partial charge >= 0.3 is 0 Å². The van der Waals surface area contributed by atoms with Gasteiger partial charge in [0.15, 0.2) is 0 Å². The van der Waals surface area contributed by atoms with Gasteiger partial charge in [-0.15, -0.1) is 0 Å². The van der Waals surface area contributed by atoms with E-state index in [1.54, 1.807) is 42.3 Å². The smallest absolute Gasteiger partial charge is 0.271 e. The van der Waals surface area contributed by atoms with Crippen molar-refractivity contribution in [3.8, 4) is 17.0 Å². The molecule has 2 saturated carbocycles. The number of benzene rings is 2. The van der Waals surface area contributed by atoms with Crippen molar-refractivity contribution in [2.45, 2.75) is 128 Å². The first-order valence-electron chi connectivity index (χ1n) is 23.3. The van der Waals surface area contributed by atoms with Crippen LogP contribution in [0.25, 0.3) is 11.3 Å². The van der Waals surface area contributed by atoms with E-state index in [9.17, 15) is 14.7 Å². The average Bonchev–Trinajstić information content (AvgIpc) is 3.89. The molecule has 2 amide bonds. The fourth-order valence-electron chi connectivity index (χ4n) is 8.07. The molecule has 0 spiro atoms. The number of amides is 2. The summed E-state index contributed by atoms with van der Waals surface area (Å²) in [4.78, 5) is 27.7. The zero-order valence-electron chi connectivity index (χ0n) is 38.7. The number of aliphatic hydroxyl groups is 1. The van der Waals surface area contributed by atoms with Crippen LogP contribution in [0.3, 0.4) is 0 Å². The van der Waals surface area contributed by atoms with Crippen LogP contribution in [0, 0.1) is 0 Å². The summed E-state index contributed by atoms with van der Waals surface area (Å²) in [5.41, 5.74) is 2.59. The molecule has 0 saturated heterocycles. The minimum absolute atomic E-state index is 0.00561. The number of carbonyl (C=O) groups excluding carboxylic acids is 2. The summed E-state index contributed by atoms with van der Waals surface area (Å²) in [5.74, 6) is 1.29. The van der Waals surface area contributed by atoms with Gasteiger partial charge in [0.05, 0.1) is 26.2 Å². The van der Waals surface area contributed by atoms with E-state index < -0.39 is 5.60 Å². The summed E-state index contributed by atoms with van der Waals surface area (Å²) in [6, 6.07) is 12.5. The lowest BCUT2D eigenvalue weighted by molar-refractivity contribution is -0.129. The Morgan fingerprint density at radius 2 is 1.55 bits per heavy atom. The first-order valence-corrected chi connectivity index (χ1v) is 24.5. The Morgan fingerprint density at radius 1 is 0.909 bits per heavy atom. The van der Waals surface area contributed by atoms with E-state index in [1.165, 1.54) is 0 Å². The summed E-state index contributed by atoms with van der Waals surface area (Å²) in [6.45, 7) is 7.04. The van der Waals surface area contributed by atoms with Crippen LogP contribution in [-0.4, -0.2) is 56.9 Å². The number of rotatable bonds is 25. The molecule has 0 aliphatic heterocycles. The molecule has 6 rings (SSSR count). The number of likely N-dealkylation sites (N-methyl/N-ethyl adjacent to an activating group) is 1. The lowest BCUT2D eigenvalue weighted by Crippen LogP contribution is -2.41. The van der Waals surface area contributed by atoms with Crippen molar-refractivity contribution in [3.63, 3.8) is 0 Å². The number of halogens is 3. The van der Waals surface area contributed by atoms with Crippen LogP contribution >= 0.6 is 34.8 Å². The van der Waals surface area contributed by atoms with Crippen molar-refractivity contribution < 1.29 is 24.0 Å². The Labute approximate surface area is 405 Å². The first kappa shape index (κ1) is 50.5. The maximum absolute atomic E-state index is 13.3. The van der Waals surface area contributed by atoms with Gasteiger partial charge in [-0.3, -0.25) is 14.3 Å². The number of hydrogen-bond acceptors (Lipinski definition) is 7. The Kier molecular flexibility index (Phi) is 19.0. The third-order valence-electron chi connectivity index (χ3n) is 11.9. The number of aromatic nitrogens is 3. The van der Waals surface area contributed by atoms with E-state index in [0.29, 0.717) is 75.7 Å². The Bertz CT molecular complexity index is 2380. The van der Waals surface area contributed by atoms with Gasteiger partial charge in [-0.2, -0.15) is 5.10 Å². The van der Waals surface area contributed by atoms with Gasteiger partial charge in [-0.25, -0.2) is 0 Å². The summed E-state index contributed by atoms with van der Waals surface area (Å²) >= 11 is 19.9. The van der Waals surface area contributed by atoms with Crippen LogP contribution in [0.2, 0.25) is 15.1 Å². The van der Waals surface area contributed by atoms with Crippen molar-refractivity contribution in [2.75, 3.05) is 20.1 Å². The van der Waals surface area contributed by atoms with Gasteiger partial charge in [0.2, 0.25) is 5.91 Å². The quantitative estimate of drug-likeness (QED) is 0.0501. The number of allylic oxidation sites excluding steroid dienone is 10. The molecule has 2 aliphatic carbocycles. The lowest BCUT2D eigenvalue weighted by atomic mass is 9.66. The molecule has 2 heterocycles. The monoisotopic (exact) mass is 955 g/mol.